The Labute approximate surface area is 94.0 Å². The first kappa shape index (κ1) is 10.6. The number of aromatic nitrogens is 2. The van der Waals surface area contributed by atoms with Crippen molar-refractivity contribution in [3.8, 4) is 11.5 Å². The van der Waals surface area contributed by atoms with E-state index in [-0.39, 0.29) is 0 Å². The van der Waals surface area contributed by atoms with Crippen molar-refractivity contribution in [1.29, 1.82) is 0 Å². The van der Waals surface area contributed by atoms with Crippen molar-refractivity contribution in [2.24, 2.45) is 0 Å². The molecule has 1 N–H and O–H groups in total. The fourth-order valence-corrected chi connectivity index (χ4v) is 1.54. The number of rotatable bonds is 3. The van der Waals surface area contributed by atoms with Crippen LogP contribution >= 0.6 is 0 Å². The van der Waals surface area contributed by atoms with E-state index in [1.165, 1.54) is 0 Å². The van der Waals surface area contributed by atoms with Crippen molar-refractivity contribution in [1.82, 2.24) is 9.97 Å². The molecule has 0 saturated carbocycles. The first-order chi connectivity index (χ1) is 7.65. The minimum atomic E-state index is 0.687. The van der Waals surface area contributed by atoms with Gasteiger partial charge in [-0.1, -0.05) is 0 Å². The molecule has 0 bridgehead atoms. The predicted octanol–water partition coefficient (Wildman–Crippen LogP) is 1.65. The Morgan fingerprint density at radius 2 is 1.75 bits per heavy atom. The third-order valence-corrected chi connectivity index (χ3v) is 2.40. The Balaban J connectivity index is 2.60. The molecule has 5 heteroatoms. The third-order valence-electron chi connectivity index (χ3n) is 2.40. The smallest absolute Gasteiger partial charge is 0.203 e. The number of anilines is 1. The molecule has 1 aromatic heterocycles. The fraction of sp³-hybridized carbons (Fsp3) is 0.364. The summed E-state index contributed by atoms with van der Waals surface area (Å²) in [7, 11) is 7.11. The molecule has 16 heavy (non-hydrogen) atoms. The average molecular weight is 221 g/mol. The summed E-state index contributed by atoms with van der Waals surface area (Å²) < 4.78 is 10.4. The summed E-state index contributed by atoms with van der Waals surface area (Å²) in [5.74, 6) is 2.20. The second-order valence-electron chi connectivity index (χ2n) is 3.68. The number of hydrogen-bond acceptors (Lipinski definition) is 4. The van der Waals surface area contributed by atoms with Crippen molar-refractivity contribution < 1.29 is 9.47 Å². The van der Waals surface area contributed by atoms with Gasteiger partial charge in [-0.15, -0.1) is 0 Å². The standard InChI is InChI=1S/C11H15N3O2/c1-14(2)11-12-7-5-9(15-3)10(16-4)6-8(7)13-11/h5-6H,1-4H3,(H,12,13). The lowest BCUT2D eigenvalue weighted by Gasteiger charge is -2.06. The fourth-order valence-electron chi connectivity index (χ4n) is 1.54. The van der Waals surface area contributed by atoms with Gasteiger partial charge in [-0.2, -0.15) is 0 Å². The van der Waals surface area contributed by atoms with Gasteiger partial charge in [0.05, 0.1) is 25.3 Å². The van der Waals surface area contributed by atoms with Crippen molar-refractivity contribution >= 4 is 17.0 Å². The molecule has 86 valence electrons. The van der Waals surface area contributed by atoms with Gasteiger partial charge in [-0.3, -0.25) is 0 Å². The van der Waals surface area contributed by atoms with Gasteiger partial charge in [0.2, 0.25) is 5.95 Å². The quantitative estimate of drug-likeness (QED) is 0.856. The Bertz CT molecular complexity index is 464. The molecule has 5 nitrogen and oxygen atoms in total. The Morgan fingerprint density at radius 1 is 1.12 bits per heavy atom. The van der Waals surface area contributed by atoms with Crippen LogP contribution in [-0.4, -0.2) is 38.3 Å². The van der Waals surface area contributed by atoms with Gasteiger partial charge >= 0.3 is 0 Å². The van der Waals surface area contributed by atoms with Gasteiger partial charge in [0, 0.05) is 26.2 Å². The highest BCUT2D eigenvalue weighted by molar-refractivity contribution is 5.81. The number of methoxy groups -OCH3 is 2. The van der Waals surface area contributed by atoms with Crippen LogP contribution in [0, 0.1) is 0 Å². The van der Waals surface area contributed by atoms with Gasteiger partial charge in [0.1, 0.15) is 0 Å². The summed E-state index contributed by atoms with van der Waals surface area (Å²) in [5.41, 5.74) is 1.79. The van der Waals surface area contributed by atoms with Gasteiger partial charge in [-0.05, 0) is 0 Å². The second-order valence-corrected chi connectivity index (χ2v) is 3.68. The molecule has 0 aliphatic carbocycles. The second kappa shape index (κ2) is 3.92. The number of fused-ring (bicyclic) bond motifs is 1. The maximum Gasteiger partial charge on any atom is 0.203 e. The number of hydrogen-bond donors (Lipinski definition) is 1. The maximum absolute atomic E-state index is 5.23. The SMILES string of the molecule is COc1cc2nc(N(C)C)[nH]c2cc1OC. The van der Waals surface area contributed by atoms with E-state index in [0.717, 1.165) is 17.0 Å². The zero-order valence-corrected chi connectivity index (χ0v) is 9.87. The first-order valence-electron chi connectivity index (χ1n) is 4.94. The summed E-state index contributed by atoms with van der Waals surface area (Å²) in [5, 5.41) is 0. The van der Waals surface area contributed by atoms with Crippen molar-refractivity contribution in [3.05, 3.63) is 12.1 Å². The number of nitrogens with zero attached hydrogens (tertiary/aromatic N) is 2. The highest BCUT2D eigenvalue weighted by Crippen LogP contribution is 2.31. The number of nitrogens with one attached hydrogen (secondary N) is 1. The molecule has 1 heterocycles. The van der Waals surface area contributed by atoms with Crippen molar-refractivity contribution in [3.63, 3.8) is 0 Å². The first-order valence-corrected chi connectivity index (χ1v) is 4.94. The average Bonchev–Trinajstić information content (AvgIpc) is 2.69. The Hall–Kier alpha value is -1.91. The number of ether oxygens (including phenoxy) is 2. The highest BCUT2D eigenvalue weighted by Gasteiger charge is 2.10. The lowest BCUT2D eigenvalue weighted by molar-refractivity contribution is 0.356. The highest BCUT2D eigenvalue weighted by atomic mass is 16.5. The molecule has 0 aliphatic rings. The third kappa shape index (κ3) is 1.64. The summed E-state index contributed by atoms with van der Waals surface area (Å²) in [6, 6.07) is 3.74. The minimum absolute atomic E-state index is 0.687. The normalized spacial score (nSPS) is 10.5. The number of benzene rings is 1. The Morgan fingerprint density at radius 3 is 2.31 bits per heavy atom. The lowest BCUT2D eigenvalue weighted by atomic mass is 10.3. The molecule has 1 aromatic carbocycles. The predicted molar refractivity (Wildman–Crippen MR) is 63.5 cm³/mol. The van der Waals surface area contributed by atoms with Crippen molar-refractivity contribution in [2.75, 3.05) is 33.2 Å². The molecular formula is C11H15N3O2. The molecule has 2 aromatic rings. The van der Waals surface area contributed by atoms with E-state index in [0.29, 0.717) is 11.5 Å². The van der Waals surface area contributed by atoms with Gasteiger partial charge in [-0.25, -0.2) is 4.98 Å². The van der Waals surface area contributed by atoms with E-state index in [2.05, 4.69) is 9.97 Å². The van der Waals surface area contributed by atoms with Crippen LogP contribution in [-0.2, 0) is 0 Å². The molecule has 0 atom stereocenters. The van der Waals surface area contributed by atoms with Crippen LogP contribution in [0.5, 0.6) is 11.5 Å². The topological polar surface area (TPSA) is 50.4 Å². The molecule has 0 spiro atoms. The van der Waals surface area contributed by atoms with Crippen LogP contribution < -0.4 is 14.4 Å². The van der Waals surface area contributed by atoms with E-state index in [4.69, 9.17) is 9.47 Å². The zero-order valence-electron chi connectivity index (χ0n) is 9.87. The molecule has 0 fully saturated rings. The molecule has 0 unspecified atom stereocenters. The molecule has 2 rings (SSSR count). The van der Waals surface area contributed by atoms with E-state index in [1.54, 1.807) is 14.2 Å². The van der Waals surface area contributed by atoms with Crippen LogP contribution in [0.3, 0.4) is 0 Å². The van der Waals surface area contributed by atoms with Crippen molar-refractivity contribution in [2.45, 2.75) is 0 Å². The van der Waals surface area contributed by atoms with E-state index >= 15 is 0 Å². The molecule has 0 amide bonds. The summed E-state index contributed by atoms with van der Waals surface area (Å²) in [6.45, 7) is 0. The van der Waals surface area contributed by atoms with E-state index in [9.17, 15) is 0 Å². The van der Waals surface area contributed by atoms with Crippen LogP contribution in [0.25, 0.3) is 11.0 Å². The van der Waals surface area contributed by atoms with Gasteiger partial charge in [0.25, 0.3) is 0 Å². The van der Waals surface area contributed by atoms with E-state index in [1.807, 2.05) is 31.1 Å². The lowest BCUT2D eigenvalue weighted by Crippen LogP contribution is -2.09. The molecule has 0 radical (unpaired) electrons. The van der Waals surface area contributed by atoms with Gasteiger partial charge < -0.3 is 19.4 Å². The summed E-state index contributed by atoms with van der Waals surface area (Å²) in [4.78, 5) is 9.55. The molecule has 0 aliphatic heterocycles. The van der Waals surface area contributed by atoms with Crippen LogP contribution in [0.2, 0.25) is 0 Å². The molecular weight excluding hydrogens is 206 g/mol. The summed E-state index contributed by atoms with van der Waals surface area (Å²) in [6.07, 6.45) is 0. The van der Waals surface area contributed by atoms with Crippen LogP contribution in [0.4, 0.5) is 5.95 Å². The summed E-state index contributed by atoms with van der Waals surface area (Å²) >= 11 is 0. The number of imidazole rings is 1. The maximum atomic E-state index is 5.23. The van der Waals surface area contributed by atoms with Gasteiger partial charge in [0.15, 0.2) is 11.5 Å². The number of H-pyrrole nitrogens is 1. The van der Waals surface area contributed by atoms with Crippen LogP contribution in [0.15, 0.2) is 12.1 Å². The van der Waals surface area contributed by atoms with E-state index < -0.39 is 0 Å². The minimum Gasteiger partial charge on any atom is -0.493 e. The monoisotopic (exact) mass is 221 g/mol. The zero-order chi connectivity index (χ0) is 11.7. The largest absolute Gasteiger partial charge is 0.493 e. The molecule has 0 saturated heterocycles. The van der Waals surface area contributed by atoms with Crippen LogP contribution in [0.1, 0.15) is 0 Å². The number of aromatic amines is 1. The Kier molecular flexibility index (Phi) is 2.60.